The fourth-order valence-electron chi connectivity index (χ4n) is 6.04. The molecule has 2 aromatic heterocycles. The van der Waals surface area contributed by atoms with Crippen molar-refractivity contribution in [2.45, 2.75) is 27.2 Å². The summed E-state index contributed by atoms with van der Waals surface area (Å²) in [6, 6.07) is 28.1. The lowest BCUT2D eigenvalue weighted by Crippen LogP contribution is -2.07. The number of anilines is 1. The van der Waals surface area contributed by atoms with Crippen LogP contribution in [-0.2, 0) is 0 Å². The maximum atomic E-state index is 5.19. The molecule has 0 spiro atoms. The lowest BCUT2D eigenvalue weighted by Gasteiger charge is -2.16. The number of rotatable bonds is 7. The van der Waals surface area contributed by atoms with Crippen LogP contribution in [0.2, 0.25) is 0 Å². The third kappa shape index (κ3) is 5.17. The Morgan fingerprint density at radius 3 is 2.51 bits per heavy atom. The molecule has 6 heteroatoms. The first-order valence-corrected chi connectivity index (χ1v) is 16.3. The first-order chi connectivity index (χ1) is 20.9. The second-order valence-corrected chi connectivity index (χ2v) is 13.2. The number of allylic oxidation sites excluding steroid dienone is 1. The van der Waals surface area contributed by atoms with Gasteiger partial charge < -0.3 is 15.3 Å². The number of halogens is 2. The van der Waals surface area contributed by atoms with E-state index in [2.05, 4.69) is 153 Å². The molecule has 0 fully saturated rings. The van der Waals surface area contributed by atoms with Gasteiger partial charge in [0.25, 0.3) is 0 Å². The van der Waals surface area contributed by atoms with Gasteiger partial charge in [-0.3, -0.25) is 0 Å². The van der Waals surface area contributed by atoms with Crippen LogP contribution in [-0.4, -0.2) is 21.5 Å². The predicted molar refractivity (Wildman–Crippen MR) is 191 cm³/mol. The van der Waals surface area contributed by atoms with Crippen LogP contribution in [0.4, 0.5) is 5.69 Å². The number of hydrogen-bond acceptors (Lipinski definition) is 2. The Balaban J connectivity index is 1.32. The van der Waals surface area contributed by atoms with E-state index in [4.69, 9.17) is 4.98 Å². The Morgan fingerprint density at radius 1 is 0.884 bits per heavy atom. The molecule has 0 aliphatic rings. The predicted octanol–water partition coefficient (Wildman–Crippen LogP) is 11.4. The Kier molecular flexibility index (Phi) is 7.36. The zero-order valence-electron chi connectivity index (χ0n) is 24.4. The van der Waals surface area contributed by atoms with E-state index in [0.29, 0.717) is 5.92 Å². The largest absolute Gasteiger partial charge is 0.381 e. The van der Waals surface area contributed by atoms with Crippen molar-refractivity contribution in [3.8, 4) is 11.4 Å². The van der Waals surface area contributed by atoms with Crippen molar-refractivity contribution < 1.29 is 0 Å². The number of aryl methyl sites for hydroxylation is 1. The Labute approximate surface area is 267 Å². The molecule has 0 bridgehead atoms. The first kappa shape index (κ1) is 27.9. The van der Waals surface area contributed by atoms with Gasteiger partial charge in [0.05, 0.1) is 11.0 Å². The van der Waals surface area contributed by atoms with Crippen molar-refractivity contribution >= 4 is 86.6 Å². The lowest BCUT2D eigenvalue weighted by molar-refractivity contribution is 0.699. The monoisotopic (exact) mass is 690 g/mol. The van der Waals surface area contributed by atoms with Crippen molar-refractivity contribution in [3.05, 3.63) is 111 Å². The van der Waals surface area contributed by atoms with Gasteiger partial charge in [-0.25, -0.2) is 4.98 Å². The van der Waals surface area contributed by atoms with Gasteiger partial charge in [0.1, 0.15) is 5.82 Å². The summed E-state index contributed by atoms with van der Waals surface area (Å²) in [7, 11) is 0. The average molecular weight is 692 g/mol. The van der Waals surface area contributed by atoms with Crippen LogP contribution in [0.3, 0.4) is 0 Å². The van der Waals surface area contributed by atoms with Crippen molar-refractivity contribution in [2.24, 2.45) is 5.92 Å². The lowest BCUT2D eigenvalue weighted by atomic mass is 9.95. The first-order valence-electron chi connectivity index (χ1n) is 14.7. The van der Waals surface area contributed by atoms with E-state index in [1.165, 1.54) is 32.9 Å². The molecule has 4 nitrogen and oxygen atoms in total. The molecule has 0 saturated carbocycles. The molecule has 3 N–H and O–H groups in total. The number of H-pyrrole nitrogens is 2. The molecule has 7 aromatic rings. The molecule has 0 amide bonds. The Hall–Kier alpha value is -3.87. The van der Waals surface area contributed by atoms with Crippen LogP contribution in [0.5, 0.6) is 0 Å². The van der Waals surface area contributed by atoms with Crippen LogP contribution in [0.15, 0.2) is 100 Å². The van der Waals surface area contributed by atoms with Crippen molar-refractivity contribution in [1.29, 1.82) is 0 Å². The fraction of sp³-hybridized carbons (Fsp3) is 0.162. The molecule has 0 radical (unpaired) electrons. The molecule has 214 valence electrons. The number of nitrogens with one attached hydrogen (secondary N) is 3. The van der Waals surface area contributed by atoms with Crippen molar-refractivity contribution in [2.75, 3.05) is 11.9 Å². The van der Waals surface area contributed by atoms with Gasteiger partial charge in [-0.2, -0.15) is 0 Å². The van der Waals surface area contributed by atoms with Gasteiger partial charge in [0.15, 0.2) is 0 Å². The SMILES string of the molecule is CCC(C)/C=C(/CNc1ccc2c(c1)c1ccccc1c1[nH]c(-c3c[nH]c4ccc(Br)cc34)nc21)c1cc(Br)ccc1C. The highest BCUT2D eigenvalue weighted by Gasteiger charge is 2.17. The highest BCUT2D eigenvalue weighted by atomic mass is 79.9. The molecule has 5 aromatic carbocycles. The summed E-state index contributed by atoms with van der Waals surface area (Å²) in [5.41, 5.74) is 9.17. The highest BCUT2D eigenvalue weighted by molar-refractivity contribution is 9.10. The maximum Gasteiger partial charge on any atom is 0.140 e. The molecular formula is C37H32Br2N4. The minimum absolute atomic E-state index is 0.496. The summed E-state index contributed by atoms with van der Waals surface area (Å²) < 4.78 is 2.15. The van der Waals surface area contributed by atoms with E-state index in [1.807, 2.05) is 6.20 Å². The molecule has 2 heterocycles. The number of aromatic amines is 2. The second kappa shape index (κ2) is 11.3. The van der Waals surface area contributed by atoms with Gasteiger partial charge in [0, 0.05) is 54.6 Å². The average Bonchev–Trinajstić information content (AvgIpc) is 3.65. The van der Waals surface area contributed by atoms with Crippen LogP contribution >= 0.6 is 31.9 Å². The summed E-state index contributed by atoms with van der Waals surface area (Å²) in [6.07, 6.45) is 5.56. The van der Waals surface area contributed by atoms with E-state index < -0.39 is 0 Å². The minimum Gasteiger partial charge on any atom is -0.381 e. The number of aromatic nitrogens is 3. The number of benzene rings is 5. The number of fused-ring (bicyclic) bond motifs is 7. The minimum atomic E-state index is 0.496. The standard InChI is InChI=1S/C37H32Br2N4/c1-4-21(2)15-23(30-16-24(38)10-9-22(30)3)19-40-26-12-13-29-31(18-26)27-7-5-6-8-28(27)35-36(29)43-37(42-35)33-20-41-34-14-11-25(39)17-32(33)34/h5-18,20-21,40-41H,4,19H2,1-3H3,(H,42,43)/b23-15-. The molecule has 0 aliphatic heterocycles. The summed E-state index contributed by atoms with van der Waals surface area (Å²) in [5, 5.41) is 9.61. The van der Waals surface area contributed by atoms with E-state index in [1.54, 1.807) is 0 Å². The van der Waals surface area contributed by atoms with Gasteiger partial charge in [-0.1, -0.05) is 94.6 Å². The van der Waals surface area contributed by atoms with Crippen LogP contribution in [0.1, 0.15) is 31.4 Å². The molecular weight excluding hydrogens is 660 g/mol. The zero-order chi connectivity index (χ0) is 29.7. The third-order valence-corrected chi connectivity index (χ3v) is 9.51. The van der Waals surface area contributed by atoms with Crippen molar-refractivity contribution in [3.63, 3.8) is 0 Å². The number of imidazole rings is 1. The Bertz CT molecular complexity index is 2190. The normalized spacial score (nSPS) is 13.0. The summed E-state index contributed by atoms with van der Waals surface area (Å²) in [6.45, 7) is 7.46. The van der Waals surface area contributed by atoms with Crippen LogP contribution in [0, 0.1) is 12.8 Å². The van der Waals surface area contributed by atoms with Gasteiger partial charge in [0.2, 0.25) is 0 Å². The third-order valence-electron chi connectivity index (χ3n) is 8.52. The molecule has 0 saturated heterocycles. The molecule has 1 atom stereocenters. The van der Waals surface area contributed by atoms with Crippen LogP contribution in [0.25, 0.3) is 60.4 Å². The quantitative estimate of drug-likeness (QED) is 0.146. The molecule has 0 aliphatic carbocycles. The molecule has 1 unspecified atom stereocenters. The van der Waals surface area contributed by atoms with Gasteiger partial charge in [-0.15, -0.1) is 0 Å². The molecule has 43 heavy (non-hydrogen) atoms. The summed E-state index contributed by atoms with van der Waals surface area (Å²) >= 11 is 7.31. The summed E-state index contributed by atoms with van der Waals surface area (Å²) in [5.74, 6) is 1.36. The van der Waals surface area contributed by atoms with E-state index in [-0.39, 0.29) is 0 Å². The zero-order valence-corrected chi connectivity index (χ0v) is 27.5. The number of nitrogens with zero attached hydrogens (tertiary/aromatic N) is 1. The van der Waals surface area contributed by atoms with Gasteiger partial charge >= 0.3 is 0 Å². The smallest absolute Gasteiger partial charge is 0.140 e. The van der Waals surface area contributed by atoms with E-state index >= 15 is 0 Å². The van der Waals surface area contributed by atoms with E-state index in [9.17, 15) is 0 Å². The molecule has 7 rings (SSSR count). The van der Waals surface area contributed by atoms with Crippen LogP contribution < -0.4 is 5.32 Å². The fourth-order valence-corrected chi connectivity index (χ4v) is 6.76. The summed E-state index contributed by atoms with van der Waals surface area (Å²) in [4.78, 5) is 12.3. The van der Waals surface area contributed by atoms with E-state index in [0.717, 1.165) is 66.3 Å². The second-order valence-electron chi connectivity index (χ2n) is 11.4. The van der Waals surface area contributed by atoms with Gasteiger partial charge in [-0.05, 0) is 82.8 Å². The maximum absolute atomic E-state index is 5.19. The topological polar surface area (TPSA) is 56.5 Å². The Morgan fingerprint density at radius 2 is 1.67 bits per heavy atom. The highest BCUT2D eigenvalue weighted by Crippen LogP contribution is 2.38. The van der Waals surface area contributed by atoms with Crippen molar-refractivity contribution in [1.82, 2.24) is 15.0 Å². The number of hydrogen-bond donors (Lipinski definition) is 3.